The van der Waals surface area contributed by atoms with Crippen LogP contribution in [-0.2, 0) is 4.79 Å². The molecule has 0 atom stereocenters. The summed E-state index contributed by atoms with van der Waals surface area (Å²) in [6, 6.07) is 19.7. The number of amides is 2. The zero-order valence-electron chi connectivity index (χ0n) is 17.7. The summed E-state index contributed by atoms with van der Waals surface area (Å²) in [5, 5.41) is 3.55. The molecule has 0 saturated carbocycles. The minimum Gasteiger partial charge on any atom is -0.494 e. The number of ether oxygens (including phenoxy) is 2. The van der Waals surface area contributed by atoms with E-state index in [1.165, 1.54) is 0 Å². The van der Waals surface area contributed by atoms with E-state index in [2.05, 4.69) is 21.2 Å². The molecule has 6 nitrogen and oxygen atoms in total. The molecule has 2 amide bonds. The smallest absolute Gasteiger partial charge is 0.265 e. The second-order valence-corrected chi connectivity index (χ2v) is 8.84. The van der Waals surface area contributed by atoms with Crippen LogP contribution in [0.2, 0.25) is 5.02 Å². The third-order valence-electron chi connectivity index (χ3n) is 5.11. The molecule has 0 saturated heterocycles. The van der Waals surface area contributed by atoms with Gasteiger partial charge in [-0.05, 0) is 73.5 Å². The van der Waals surface area contributed by atoms with E-state index in [1.54, 1.807) is 53.4 Å². The SMILES string of the molecule is O=C(Nc1ccc2c(c1)N(CCCCOc1ccc(Cl)cc1)C(=O)CO2)c1cccc(Br)c1. The number of carbonyl (C=O) groups is 2. The molecule has 0 unspecified atom stereocenters. The van der Waals surface area contributed by atoms with E-state index < -0.39 is 0 Å². The maximum absolute atomic E-state index is 12.6. The van der Waals surface area contributed by atoms with Gasteiger partial charge in [-0.1, -0.05) is 33.6 Å². The minimum absolute atomic E-state index is 0.00196. The predicted octanol–water partition coefficient (Wildman–Crippen LogP) is 5.94. The van der Waals surface area contributed by atoms with Gasteiger partial charge < -0.3 is 19.7 Å². The Hall–Kier alpha value is -3.03. The van der Waals surface area contributed by atoms with Crippen LogP contribution in [0.5, 0.6) is 11.5 Å². The molecule has 0 bridgehead atoms. The molecule has 33 heavy (non-hydrogen) atoms. The van der Waals surface area contributed by atoms with Crippen molar-refractivity contribution in [3.63, 3.8) is 0 Å². The lowest BCUT2D eigenvalue weighted by molar-refractivity contribution is -0.121. The second-order valence-electron chi connectivity index (χ2n) is 7.49. The monoisotopic (exact) mass is 528 g/mol. The molecule has 1 N–H and O–H groups in total. The van der Waals surface area contributed by atoms with Crippen LogP contribution in [0, 0.1) is 0 Å². The first kappa shape index (κ1) is 23.1. The molecule has 0 fully saturated rings. The Morgan fingerprint density at radius 3 is 2.70 bits per heavy atom. The minimum atomic E-state index is -0.231. The number of rotatable bonds is 8. The molecule has 4 rings (SSSR count). The molecule has 1 aliphatic rings. The Kier molecular flexibility index (Phi) is 7.52. The highest BCUT2D eigenvalue weighted by Crippen LogP contribution is 2.35. The van der Waals surface area contributed by atoms with E-state index in [0.29, 0.717) is 40.9 Å². The van der Waals surface area contributed by atoms with E-state index in [4.69, 9.17) is 21.1 Å². The van der Waals surface area contributed by atoms with Crippen molar-refractivity contribution in [3.8, 4) is 11.5 Å². The molecule has 1 heterocycles. The molecule has 1 aliphatic heterocycles. The van der Waals surface area contributed by atoms with E-state index in [9.17, 15) is 9.59 Å². The lowest BCUT2D eigenvalue weighted by atomic mass is 10.1. The number of fused-ring (bicyclic) bond motifs is 1. The molecule has 8 heteroatoms. The van der Waals surface area contributed by atoms with Crippen molar-refractivity contribution >= 4 is 50.7 Å². The van der Waals surface area contributed by atoms with Gasteiger partial charge in [-0.15, -0.1) is 0 Å². The van der Waals surface area contributed by atoms with Gasteiger partial charge >= 0.3 is 0 Å². The third-order valence-corrected chi connectivity index (χ3v) is 5.85. The molecule has 0 radical (unpaired) electrons. The van der Waals surface area contributed by atoms with Gasteiger partial charge in [0.15, 0.2) is 6.61 Å². The lowest BCUT2D eigenvalue weighted by Crippen LogP contribution is -2.39. The number of hydrogen-bond donors (Lipinski definition) is 1. The normalized spacial score (nSPS) is 12.7. The van der Waals surface area contributed by atoms with Crippen LogP contribution in [0.15, 0.2) is 71.2 Å². The fourth-order valence-corrected chi connectivity index (χ4v) is 3.98. The Balaban J connectivity index is 1.37. The van der Waals surface area contributed by atoms with E-state index >= 15 is 0 Å². The van der Waals surface area contributed by atoms with Crippen molar-refractivity contribution in [1.82, 2.24) is 0 Å². The Morgan fingerprint density at radius 1 is 1.09 bits per heavy atom. The van der Waals surface area contributed by atoms with Gasteiger partial charge in [-0.2, -0.15) is 0 Å². The first-order chi connectivity index (χ1) is 16.0. The standard InChI is InChI=1S/C25H22BrClN2O4/c26-18-5-3-4-17(14-18)25(31)28-20-8-11-23-22(15-20)29(24(30)16-33-23)12-1-2-13-32-21-9-6-19(27)7-10-21/h3-11,14-15H,1-2,12-13,16H2,(H,28,31). The molecule has 0 aromatic heterocycles. The molecular formula is C25H22BrClN2O4. The predicted molar refractivity (Wildman–Crippen MR) is 133 cm³/mol. The molecule has 3 aromatic rings. The molecule has 0 spiro atoms. The number of carbonyl (C=O) groups excluding carboxylic acids is 2. The maximum atomic E-state index is 12.6. The Labute approximate surface area is 205 Å². The summed E-state index contributed by atoms with van der Waals surface area (Å²) in [4.78, 5) is 26.8. The summed E-state index contributed by atoms with van der Waals surface area (Å²) in [5.74, 6) is 1.03. The fourth-order valence-electron chi connectivity index (χ4n) is 3.45. The van der Waals surface area contributed by atoms with E-state index in [0.717, 1.165) is 23.1 Å². The molecule has 0 aliphatic carbocycles. The zero-order valence-corrected chi connectivity index (χ0v) is 20.1. The van der Waals surface area contributed by atoms with Gasteiger partial charge in [0, 0.05) is 27.3 Å². The summed E-state index contributed by atoms with van der Waals surface area (Å²) in [7, 11) is 0. The van der Waals surface area contributed by atoms with E-state index in [-0.39, 0.29) is 18.4 Å². The number of halogens is 2. The number of unbranched alkanes of at least 4 members (excludes halogenated alkanes) is 1. The second kappa shape index (κ2) is 10.7. The van der Waals surface area contributed by atoms with Crippen LogP contribution in [-0.4, -0.2) is 31.6 Å². The highest BCUT2D eigenvalue weighted by atomic mass is 79.9. The maximum Gasteiger partial charge on any atom is 0.265 e. The summed E-state index contributed by atoms with van der Waals surface area (Å²) < 4.78 is 12.1. The van der Waals surface area contributed by atoms with Gasteiger partial charge in [-0.3, -0.25) is 9.59 Å². The summed E-state index contributed by atoms with van der Waals surface area (Å²) in [6.45, 7) is 1.07. The lowest BCUT2D eigenvalue weighted by Gasteiger charge is -2.30. The van der Waals surface area contributed by atoms with Crippen LogP contribution in [0.25, 0.3) is 0 Å². The average Bonchev–Trinajstić information content (AvgIpc) is 2.81. The van der Waals surface area contributed by atoms with Gasteiger partial charge in [-0.25, -0.2) is 0 Å². The highest BCUT2D eigenvalue weighted by Gasteiger charge is 2.25. The molecule has 170 valence electrons. The quantitative estimate of drug-likeness (QED) is 0.367. The number of anilines is 2. The number of nitrogens with zero attached hydrogens (tertiary/aromatic N) is 1. The average molecular weight is 530 g/mol. The first-order valence-corrected chi connectivity index (χ1v) is 11.7. The van der Waals surface area contributed by atoms with Crippen molar-refractivity contribution in [1.29, 1.82) is 0 Å². The van der Waals surface area contributed by atoms with Crippen LogP contribution in [0.1, 0.15) is 23.2 Å². The molecule has 3 aromatic carbocycles. The van der Waals surface area contributed by atoms with Crippen molar-refractivity contribution in [2.45, 2.75) is 12.8 Å². The largest absolute Gasteiger partial charge is 0.494 e. The number of hydrogen-bond acceptors (Lipinski definition) is 4. The van der Waals surface area contributed by atoms with Gasteiger partial charge in [0.05, 0.1) is 12.3 Å². The third kappa shape index (κ3) is 6.06. The van der Waals surface area contributed by atoms with Crippen molar-refractivity contribution < 1.29 is 19.1 Å². The Bertz CT molecular complexity index is 1150. The number of benzene rings is 3. The van der Waals surface area contributed by atoms with Crippen LogP contribution < -0.4 is 19.7 Å². The summed E-state index contributed by atoms with van der Waals surface area (Å²) in [5.41, 5.74) is 1.77. The van der Waals surface area contributed by atoms with Crippen molar-refractivity contribution in [2.24, 2.45) is 0 Å². The topological polar surface area (TPSA) is 67.9 Å². The van der Waals surface area contributed by atoms with Crippen molar-refractivity contribution in [2.75, 3.05) is 30.0 Å². The van der Waals surface area contributed by atoms with Crippen LogP contribution >= 0.6 is 27.5 Å². The van der Waals surface area contributed by atoms with Gasteiger partial charge in [0.2, 0.25) is 0 Å². The first-order valence-electron chi connectivity index (χ1n) is 10.5. The molecular weight excluding hydrogens is 508 g/mol. The zero-order chi connectivity index (χ0) is 23.2. The number of nitrogens with one attached hydrogen (secondary N) is 1. The Morgan fingerprint density at radius 2 is 1.91 bits per heavy atom. The highest BCUT2D eigenvalue weighted by molar-refractivity contribution is 9.10. The van der Waals surface area contributed by atoms with Crippen molar-refractivity contribution in [3.05, 3.63) is 81.8 Å². The van der Waals surface area contributed by atoms with Crippen LogP contribution in [0.3, 0.4) is 0 Å². The summed E-state index contributed by atoms with van der Waals surface area (Å²) in [6.07, 6.45) is 1.54. The van der Waals surface area contributed by atoms with Crippen LogP contribution in [0.4, 0.5) is 11.4 Å². The summed E-state index contributed by atoms with van der Waals surface area (Å²) >= 11 is 9.26. The fraction of sp³-hybridized carbons (Fsp3) is 0.200. The van der Waals surface area contributed by atoms with Gasteiger partial charge in [0.25, 0.3) is 11.8 Å². The van der Waals surface area contributed by atoms with Gasteiger partial charge in [0.1, 0.15) is 11.5 Å². The van der Waals surface area contributed by atoms with E-state index in [1.807, 2.05) is 18.2 Å².